The summed E-state index contributed by atoms with van der Waals surface area (Å²) in [5.41, 5.74) is 1.89. The van der Waals surface area contributed by atoms with Gasteiger partial charge in [-0.15, -0.1) is 11.3 Å². The van der Waals surface area contributed by atoms with Crippen molar-refractivity contribution in [1.82, 2.24) is 15.1 Å². The van der Waals surface area contributed by atoms with E-state index in [1.807, 2.05) is 28.3 Å². The quantitative estimate of drug-likeness (QED) is 0.866. The molecule has 0 unspecified atom stereocenters. The number of hydrogen-bond donors (Lipinski definition) is 1. The fraction of sp³-hybridized carbons (Fsp3) is 0.444. The average molecular weight is 343 g/mol. The summed E-state index contributed by atoms with van der Waals surface area (Å²) in [6.07, 6.45) is 1.66. The number of carbonyl (C=O) groups is 2. The van der Waals surface area contributed by atoms with E-state index in [0.717, 1.165) is 28.5 Å². The van der Waals surface area contributed by atoms with E-state index < -0.39 is 0 Å². The molecule has 6 heteroatoms. The van der Waals surface area contributed by atoms with Crippen LogP contribution in [0.4, 0.5) is 4.79 Å². The van der Waals surface area contributed by atoms with E-state index in [9.17, 15) is 9.59 Å². The molecule has 2 aliphatic heterocycles. The van der Waals surface area contributed by atoms with Crippen LogP contribution >= 0.6 is 11.3 Å². The van der Waals surface area contributed by atoms with Crippen LogP contribution in [0.1, 0.15) is 28.8 Å². The van der Waals surface area contributed by atoms with E-state index in [0.29, 0.717) is 19.6 Å². The Morgan fingerprint density at radius 1 is 1.29 bits per heavy atom. The Bertz CT molecular complexity index is 821. The summed E-state index contributed by atoms with van der Waals surface area (Å²) in [7, 11) is 1.86. The molecule has 126 valence electrons. The van der Waals surface area contributed by atoms with E-state index >= 15 is 0 Å². The zero-order valence-corrected chi connectivity index (χ0v) is 14.8. The molecule has 24 heavy (non-hydrogen) atoms. The number of thiophene rings is 1. The van der Waals surface area contributed by atoms with E-state index in [1.165, 1.54) is 5.56 Å². The number of urea groups is 1. The van der Waals surface area contributed by atoms with Crippen LogP contribution < -0.4 is 5.32 Å². The zero-order valence-electron chi connectivity index (χ0n) is 14.0. The van der Waals surface area contributed by atoms with Gasteiger partial charge >= 0.3 is 6.03 Å². The molecule has 0 radical (unpaired) electrons. The van der Waals surface area contributed by atoms with Crippen LogP contribution in [0.3, 0.4) is 0 Å². The molecule has 2 saturated heterocycles. The lowest BCUT2D eigenvalue weighted by atomic mass is 9.87. The molecule has 3 amide bonds. The molecule has 1 spiro atoms. The van der Waals surface area contributed by atoms with Crippen molar-refractivity contribution in [2.75, 3.05) is 26.7 Å². The van der Waals surface area contributed by atoms with Gasteiger partial charge in [0.2, 0.25) is 0 Å². The Morgan fingerprint density at radius 2 is 2.04 bits per heavy atom. The van der Waals surface area contributed by atoms with Crippen molar-refractivity contribution in [2.24, 2.45) is 0 Å². The van der Waals surface area contributed by atoms with E-state index in [4.69, 9.17) is 0 Å². The maximum atomic E-state index is 12.9. The molecule has 1 N–H and O–H groups in total. The lowest BCUT2D eigenvalue weighted by Crippen LogP contribution is -2.54. The van der Waals surface area contributed by atoms with Crippen LogP contribution in [0, 0.1) is 6.92 Å². The first-order valence-corrected chi connectivity index (χ1v) is 9.17. The first-order valence-electron chi connectivity index (χ1n) is 8.29. The third-order valence-electron chi connectivity index (χ3n) is 5.53. The van der Waals surface area contributed by atoms with Gasteiger partial charge in [-0.25, -0.2) is 4.79 Å². The van der Waals surface area contributed by atoms with Crippen LogP contribution in [0.2, 0.25) is 0 Å². The number of aryl methyl sites for hydroxylation is 1. The molecule has 5 nitrogen and oxygen atoms in total. The van der Waals surface area contributed by atoms with Gasteiger partial charge in [-0.1, -0.05) is 12.1 Å². The van der Waals surface area contributed by atoms with Crippen molar-refractivity contribution in [1.29, 1.82) is 0 Å². The number of carbonyl (C=O) groups excluding carboxylic acids is 2. The van der Waals surface area contributed by atoms with Crippen molar-refractivity contribution < 1.29 is 9.59 Å². The van der Waals surface area contributed by atoms with Crippen molar-refractivity contribution in [3.63, 3.8) is 0 Å². The molecule has 4 rings (SSSR count). The standard InChI is InChI=1S/C18H21N3O2S/c1-12-3-4-13-14(10-24-15(13)9-12)16(22)21-7-5-18(6-8-21)11-19-17(23)20(18)2/h3-4,9-10H,5-8,11H2,1-2H3,(H,19,23). The summed E-state index contributed by atoms with van der Waals surface area (Å²) in [6.45, 7) is 4.14. The second-order valence-corrected chi connectivity index (χ2v) is 7.79. The van der Waals surface area contributed by atoms with Gasteiger partial charge in [0.05, 0.1) is 11.1 Å². The molecule has 2 aliphatic rings. The Balaban J connectivity index is 1.53. The summed E-state index contributed by atoms with van der Waals surface area (Å²) in [5, 5.41) is 5.94. The summed E-state index contributed by atoms with van der Waals surface area (Å²) in [4.78, 5) is 28.5. The second kappa shape index (κ2) is 5.48. The Labute approximate surface area is 145 Å². The van der Waals surface area contributed by atoms with Gasteiger partial charge in [0, 0.05) is 42.1 Å². The van der Waals surface area contributed by atoms with Gasteiger partial charge in [-0.2, -0.15) is 0 Å². The van der Waals surface area contributed by atoms with Crippen molar-refractivity contribution in [3.8, 4) is 0 Å². The third kappa shape index (κ3) is 2.28. The summed E-state index contributed by atoms with van der Waals surface area (Å²) in [6, 6.07) is 6.23. The molecule has 0 aliphatic carbocycles. The largest absolute Gasteiger partial charge is 0.338 e. The van der Waals surface area contributed by atoms with Crippen LogP contribution in [0.25, 0.3) is 10.1 Å². The number of likely N-dealkylation sites (N-methyl/N-ethyl adjacent to an activating group) is 1. The molecule has 0 saturated carbocycles. The topological polar surface area (TPSA) is 52.7 Å². The minimum Gasteiger partial charge on any atom is -0.338 e. The number of amides is 3. The highest BCUT2D eigenvalue weighted by Gasteiger charge is 2.45. The molecule has 1 aromatic carbocycles. The highest BCUT2D eigenvalue weighted by atomic mass is 32.1. The average Bonchev–Trinajstić information content (AvgIpc) is 3.12. The maximum Gasteiger partial charge on any atom is 0.317 e. The number of rotatable bonds is 1. The van der Waals surface area contributed by atoms with E-state index in [2.05, 4.69) is 24.4 Å². The molecule has 0 bridgehead atoms. The molecule has 2 aromatic rings. The van der Waals surface area contributed by atoms with Gasteiger partial charge in [-0.3, -0.25) is 4.79 Å². The van der Waals surface area contributed by atoms with Gasteiger partial charge < -0.3 is 15.1 Å². The van der Waals surface area contributed by atoms with Gasteiger partial charge in [0.25, 0.3) is 5.91 Å². The zero-order chi connectivity index (χ0) is 16.9. The third-order valence-corrected chi connectivity index (χ3v) is 6.47. The van der Waals surface area contributed by atoms with Gasteiger partial charge in [0.1, 0.15) is 0 Å². The fourth-order valence-electron chi connectivity index (χ4n) is 3.80. The monoisotopic (exact) mass is 343 g/mol. The highest BCUT2D eigenvalue weighted by Crippen LogP contribution is 2.33. The number of nitrogens with one attached hydrogen (secondary N) is 1. The second-order valence-electron chi connectivity index (χ2n) is 6.88. The SMILES string of the molecule is Cc1ccc2c(C(=O)N3CCC4(CC3)CNC(=O)N4C)csc2c1. The van der Waals surface area contributed by atoms with Crippen LogP contribution in [0.15, 0.2) is 23.6 Å². The lowest BCUT2D eigenvalue weighted by Gasteiger charge is -2.42. The minimum atomic E-state index is -0.123. The van der Waals surface area contributed by atoms with Crippen molar-refractivity contribution in [3.05, 3.63) is 34.7 Å². The van der Waals surface area contributed by atoms with Crippen molar-refractivity contribution in [2.45, 2.75) is 25.3 Å². The first-order chi connectivity index (χ1) is 11.5. The van der Waals surface area contributed by atoms with Crippen LogP contribution in [-0.4, -0.2) is 54.0 Å². The van der Waals surface area contributed by atoms with E-state index in [-0.39, 0.29) is 17.5 Å². The summed E-state index contributed by atoms with van der Waals surface area (Å²) in [5.74, 6) is 0.111. The number of benzene rings is 1. The predicted molar refractivity (Wildman–Crippen MR) is 95.6 cm³/mol. The molecule has 3 heterocycles. The maximum absolute atomic E-state index is 12.9. The Hall–Kier alpha value is -2.08. The lowest BCUT2D eigenvalue weighted by molar-refractivity contribution is 0.0567. The number of fused-ring (bicyclic) bond motifs is 1. The normalized spacial score (nSPS) is 20.0. The number of likely N-dealkylation sites (tertiary alicyclic amines) is 1. The van der Waals surface area contributed by atoms with Crippen LogP contribution in [-0.2, 0) is 0 Å². The molecule has 2 fully saturated rings. The van der Waals surface area contributed by atoms with Gasteiger partial charge in [0.15, 0.2) is 0 Å². The van der Waals surface area contributed by atoms with Gasteiger partial charge in [-0.05, 0) is 31.4 Å². The minimum absolute atomic E-state index is 0.00558. The Kier molecular flexibility index (Phi) is 3.53. The van der Waals surface area contributed by atoms with Crippen LogP contribution in [0.5, 0.6) is 0 Å². The molecular weight excluding hydrogens is 322 g/mol. The summed E-state index contributed by atoms with van der Waals surface area (Å²) >= 11 is 1.63. The molecule has 1 aromatic heterocycles. The molecule has 0 atom stereocenters. The number of hydrogen-bond acceptors (Lipinski definition) is 3. The predicted octanol–water partition coefficient (Wildman–Crippen LogP) is 2.84. The first kappa shape index (κ1) is 15.4. The smallest absolute Gasteiger partial charge is 0.317 e. The fourth-order valence-corrected chi connectivity index (χ4v) is 4.83. The Morgan fingerprint density at radius 3 is 2.71 bits per heavy atom. The number of piperidine rings is 1. The summed E-state index contributed by atoms with van der Waals surface area (Å²) < 4.78 is 1.16. The van der Waals surface area contributed by atoms with Crippen molar-refractivity contribution >= 4 is 33.4 Å². The van der Waals surface area contributed by atoms with E-state index in [1.54, 1.807) is 11.3 Å². The highest BCUT2D eigenvalue weighted by molar-refractivity contribution is 7.17. The molecular formula is C18H21N3O2S. The number of nitrogens with zero attached hydrogens (tertiary/aromatic N) is 2.